The molecule has 2 aromatic rings. The highest BCUT2D eigenvalue weighted by Crippen LogP contribution is 2.31. The molecule has 120 valence electrons. The van der Waals surface area contributed by atoms with Crippen molar-refractivity contribution in [3.8, 4) is 0 Å². The van der Waals surface area contributed by atoms with Crippen molar-refractivity contribution in [2.24, 2.45) is 0 Å². The minimum absolute atomic E-state index is 0.0364. The molecule has 0 unspecified atom stereocenters. The lowest BCUT2D eigenvalue weighted by molar-refractivity contribution is 0.0285. The van der Waals surface area contributed by atoms with Crippen molar-refractivity contribution in [2.45, 2.75) is 31.9 Å². The normalized spacial score (nSPS) is 18.8. The number of nitrogens with zero attached hydrogens (tertiary/aromatic N) is 1. The summed E-state index contributed by atoms with van der Waals surface area (Å²) in [6.45, 7) is 6.17. The number of benzene rings is 2. The summed E-state index contributed by atoms with van der Waals surface area (Å²) in [7, 11) is 0. The Morgan fingerprint density at radius 3 is 2.30 bits per heavy atom. The molecule has 0 saturated carbocycles. The van der Waals surface area contributed by atoms with Crippen molar-refractivity contribution in [1.82, 2.24) is 4.90 Å². The number of rotatable bonds is 4. The maximum atomic E-state index is 12.2. The molecule has 3 rings (SSSR count). The van der Waals surface area contributed by atoms with Gasteiger partial charge in [0, 0.05) is 18.6 Å². The summed E-state index contributed by atoms with van der Waals surface area (Å²) < 4.78 is 5.68. The fourth-order valence-electron chi connectivity index (χ4n) is 3.15. The van der Waals surface area contributed by atoms with Crippen molar-refractivity contribution < 1.29 is 9.53 Å². The zero-order chi connectivity index (χ0) is 16.3. The predicted octanol–water partition coefficient (Wildman–Crippen LogP) is 3.85. The maximum Gasteiger partial charge on any atom is 0.338 e. The number of carbonyl (C=O) groups is 1. The lowest BCUT2D eigenvalue weighted by Crippen LogP contribution is -2.40. The summed E-state index contributed by atoms with van der Waals surface area (Å²) in [5.41, 5.74) is 1.85. The highest BCUT2D eigenvalue weighted by molar-refractivity contribution is 5.89. The van der Waals surface area contributed by atoms with Gasteiger partial charge in [-0.2, -0.15) is 0 Å². The standard InChI is InChI=1S/C20H23NO2/c1-20(2,17-11-7-4-8-12-17)21-14-13-18(15-21)23-19(22)16-9-5-3-6-10-16/h3-12,18H,13-15H2,1-2H3/t18-/m0/s1. The van der Waals surface area contributed by atoms with Gasteiger partial charge < -0.3 is 4.74 Å². The van der Waals surface area contributed by atoms with Crippen LogP contribution in [0.1, 0.15) is 36.2 Å². The Kier molecular flexibility index (Phi) is 4.49. The van der Waals surface area contributed by atoms with Gasteiger partial charge in [0.15, 0.2) is 0 Å². The van der Waals surface area contributed by atoms with Gasteiger partial charge in [-0.15, -0.1) is 0 Å². The van der Waals surface area contributed by atoms with Crippen molar-refractivity contribution in [3.05, 3.63) is 71.8 Å². The van der Waals surface area contributed by atoms with E-state index in [0.717, 1.165) is 19.5 Å². The highest BCUT2D eigenvalue weighted by Gasteiger charge is 2.36. The van der Waals surface area contributed by atoms with E-state index < -0.39 is 0 Å². The van der Waals surface area contributed by atoms with Crippen LogP contribution in [0.3, 0.4) is 0 Å². The van der Waals surface area contributed by atoms with Crippen LogP contribution < -0.4 is 0 Å². The van der Waals surface area contributed by atoms with E-state index in [-0.39, 0.29) is 17.6 Å². The zero-order valence-electron chi connectivity index (χ0n) is 13.7. The average Bonchev–Trinajstić information content (AvgIpc) is 3.06. The Morgan fingerprint density at radius 2 is 1.65 bits per heavy atom. The Labute approximate surface area is 137 Å². The number of hydrogen-bond acceptors (Lipinski definition) is 3. The second-order valence-electron chi connectivity index (χ2n) is 6.55. The van der Waals surface area contributed by atoms with E-state index >= 15 is 0 Å². The molecule has 0 aliphatic carbocycles. The fourth-order valence-corrected chi connectivity index (χ4v) is 3.15. The van der Waals surface area contributed by atoms with Crippen molar-refractivity contribution in [3.63, 3.8) is 0 Å². The first-order chi connectivity index (χ1) is 11.1. The molecular weight excluding hydrogens is 286 g/mol. The first-order valence-corrected chi connectivity index (χ1v) is 8.14. The van der Waals surface area contributed by atoms with E-state index in [4.69, 9.17) is 4.74 Å². The van der Waals surface area contributed by atoms with Crippen LogP contribution in [0.25, 0.3) is 0 Å². The molecule has 3 heteroatoms. The summed E-state index contributed by atoms with van der Waals surface area (Å²) in [4.78, 5) is 14.6. The molecule has 1 fully saturated rings. The molecule has 1 aliphatic rings. The molecule has 1 aliphatic heterocycles. The largest absolute Gasteiger partial charge is 0.457 e. The Hall–Kier alpha value is -2.13. The van der Waals surface area contributed by atoms with Gasteiger partial charge in [-0.25, -0.2) is 4.79 Å². The topological polar surface area (TPSA) is 29.5 Å². The van der Waals surface area contributed by atoms with Crippen LogP contribution in [0.5, 0.6) is 0 Å². The molecule has 1 heterocycles. The fraction of sp³-hybridized carbons (Fsp3) is 0.350. The van der Waals surface area contributed by atoms with Crippen LogP contribution in [-0.4, -0.2) is 30.1 Å². The molecule has 0 bridgehead atoms. The highest BCUT2D eigenvalue weighted by atomic mass is 16.5. The van der Waals surface area contributed by atoms with E-state index in [1.54, 1.807) is 12.1 Å². The van der Waals surface area contributed by atoms with E-state index in [1.807, 2.05) is 24.3 Å². The minimum atomic E-state index is -0.227. The third-order valence-corrected chi connectivity index (χ3v) is 4.70. The molecule has 1 saturated heterocycles. The Bertz CT molecular complexity index is 652. The van der Waals surface area contributed by atoms with Gasteiger partial charge >= 0.3 is 5.97 Å². The molecule has 0 amide bonds. The second kappa shape index (κ2) is 6.55. The van der Waals surface area contributed by atoms with Crippen molar-refractivity contribution >= 4 is 5.97 Å². The molecule has 0 aromatic heterocycles. The molecule has 0 spiro atoms. The monoisotopic (exact) mass is 309 g/mol. The average molecular weight is 309 g/mol. The van der Waals surface area contributed by atoms with Gasteiger partial charge in [-0.05, 0) is 38.0 Å². The van der Waals surface area contributed by atoms with Crippen LogP contribution in [0, 0.1) is 0 Å². The lowest BCUT2D eigenvalue weighted by Gasteiger charge is -2.36. The smallest absolute Gasteiger partial charge is 0.338 e. The molecule has 23 heavy (non-hydrogen) atoms. The van der Waals surface area contributed by atoms with Crippen LogP contribution >= 0.6 is 0 Å². The summed E-state index contributed by atoms with van der Waals surface area (Å²) in [6, 6.07) is 19.7. The zero-order valence-corrected chi connectivity index (χ0v) is 13.7. The summed E-state index contributed by atoms with van der Waals surface area (Å²) in [5, 5.41) is 0. The van der Waals surface area contributed by atoms with E-state index in [9.17, 15) is 4.79 Å². The van der Waals surface area contributed by atoms with Crippen LogP contribution in [0.15, 0.2) is 60.7 Å². The molecular formula is C20H23NO2. The van der Waals surface area contributed by atoms with E-state index in [2.05, 4.69) is 43.0 Å². The number of ether oxygens (including phenoxy) is 1. The molecule has 2 aromatic carbocycles. The number of esters is 1. The summed E-state index contributed by atoms with van der Waals surface area (Å²) >= 11 is 0. The number of carbonyl (C=O) groups excluding carboxylic acids is 1. The van der Waals surface area contributed by atoms with Crippen molar-refractivity contribution in [2.75, 3.05) is 13.1 Å². The molecule has 3 nitrogen and oxygen atoms in total. The van der Waals surface area contributed by atoms with E-state index in [0.29, 0.717) is 5.56 Å². The second-order valence-corrected chi connectivity index (χ2v) is 6.55. The first-order valence-electron chi connectivity index (χ1n) is 8.14. The summed E-state index contributed by atoms with van der Waals surface area (Å²) in [5.74, 6) is -0.227. The summed E-state index contributed by atoms with van der Waals surface area (Å²) in [6.07, 6.45) is 0.847. The quantitative estimate of drug-likeness (QED) is 0.803. The van der Waals surface area contributed by atoms with Gasteiger partial charge in [0.25, 0.3) is 0 Å². The van der Waals surface area contributed by atoms with Crippen LogP contribution in [-0.2, 0) is 10.3 Å². The molecule has 0 radical (unpaired) electrons. The predicted molar refractivity (Wildman–Crippen MR) is 91.3 cm³/mol. The lowest BCUT2D eigenvalue weighted by atomic mass is 9.93. The number of hydrogen-bond donors (Lipinski definition) is 0. The van der Waals surface area contributed by atoms with Crippen molar-refractivity contribution in [1.29, 1.82) is 0 Å². The van der Waals surface area contributed by atoms with Gasteiger partial charge in [-0.3, -0.25) is 4.90 Å². The van der Waals surface area contributed by atoms with Gasteiger partial charge in [0.05, 0.1) is 5.56 Å². The first kappa shape index (κ1) is 15.8. The van der Waals surface area contributed by atoms with Gasteiger partial charge in [0.1, 0.15) is 6.10 Å². The number of likely N-dealkylation sites (tertiary alicyclic amines) is 1. The maximum absolute atomic E-state index is 12.2. The van der Waals surface area contributed by atoms with Gasteiger partial charge in [0.2, 0.25) is 0 Å². The third kappa shape index (κ3) is 3.45. The van der Waals surface area contributed by atoms with Crippen LogP contribution in [0.2, 0.25) is 0 Å². The van der Waals surface area contributed by atoms with Gasteiger partial charge in [-0.1, -0.05) is 48.5 Å². The Balaban J connectivity index is 1.63. The Morgan fingerprint density at radius 1 is 1.04 bits per heavy atom. The minimum Gasteiger partial charge on any atom is -0.457 e. The molecule has 1 atom stereocenters. The molecule has 0 N–H and O–H groups in total. The van der Waals surface area contributed by atoms with E-state index in [1.165, 1.54) is 5.56 Å². The van der Waals surface area contributed by atoms with Crippen LogP contribution in [0.4, 0.5) is 0 Å². The SMILES string of the molecule is CC(C)(c1ccccc1)N1CC[C@H](OC(=O)c2ccccc2)C1. The third-order valence-electron chi connectivity index (χ3n) is 4.70.